The van der Waals surface area contributed by atoms with E-state index in [9.17, 15) is 4.79 Å². The molecule has 1 aliphatic rings. The molecule has 5 heteroatoms. The van der Waals surface area contributed by atoms with Crippen molar-refractivity contribution in [1.82, 2.24) is 10.3 Å². The van der Waals surface area contributed by atoms with Gasteiger partial charge in [-0.25, -0.2) is 4.79 Å². The number of urea groups is 1. The molecular weight excluding hydrogens is 252 g/mol. The lowest BCUT2D eigenvalue weighted by Gasteiger charge is -2.16. The van der Waals surface area contributed by atoms with Crippen LogP contribution < -0.4 is 15.5 Å². The molecule has 3 rings (SSSR count). The van der Waals surface area contributed by atoms with E-state index in [1.807, 2.05) is 43.4 Å². The van der Waals surface area contributed by atoms with Gasteiger partial charge in [0.15, 0.2) is 0 Å². The Bertz CT molecular complexity index is 614. The van der Waals surface area contributed by atoms with Gasteiger partial charge in [-0.1, -0.05) is 6.07 Å². The standard InChI is InChI=1S/C15H16N4O/c1-16-12-3-2-4-13(9-12)19-10-14(18-15(19)20)11-5-7-17-8-6-11/h2-9,14,16H,10H2,1H3,(H,18,20). The summed E-state index contributed by atoms with van der Waals surface area (Å²) in [5.41, 5.74) is 2.95. The van der Waals surface area contributed by atoms with Crippen LogP contribution in [0.25, 0.3) is 0 Å². The Hall–Kier alpha value is -2.56. The van der Waals surface area contributed by atoms with Crippen LogP contribution in [0.15, 0.2) is 48.8 Å². The van der Waals surface area contributed by atoms with E-state index in [0.29, 0.717) is 6.54 Å². The van der Waals surface area contributed by atoms with Crippen LogP contribution in [0.2, 0.25) is 0 Å². The highest BCUT2D eigenvalue weighted by Crippen LogP contribution is 2.26. The number of carbonyl (C=O) groups excluding carboxylic acids is 1. The number of rotatable bonds is 3. The highest BCUT2D eigenvalue weighted by atomic mass is 16.2. The Morgan fingerprint density at radius 3 is 2.85 bits per heavy atom. The third kappa shape index (κ3) is 2.30. The van der Waals surface area contributed by atoms with Crippen LogP contribution in [0.4, 0.5) is 16.2 Å². The molecule has 0 aliphatic carbocycles. The van der Waals surface area contributed by atoms with E-state index < -0.39 is 0 Å². The first kappa shape index (κ1) is 12.5. The van der Waals surface area contributed by atoms with E-state index in [-0.39, 0.29) is 12.1 Å². The summed E-state index contributed by atoms with van der Waals surface area (Å²) in [7, 11) is 1.86. The predicted octanol–water partition coefficient (Wildman–Crippen LogP) is 2.39. The van der Waals surface area contributed by atoms with Crippen molar-refractivity contribution in [3.8, 4) is 0 Å². The molecule has 102 valence electrons. The summed E-state index contributed by atoms with van der Waals surface area (Å²) in [6.07, 6.45) is 3.48. The fraction of sp³-hybridized carbons (Fsp3) is 0.200. The maximum atomic E-state index is 12.1. The second-order valence-electron chi connectivity index (χ2n) is 4.69. The molecule has 1 fully saturated rings. The zero-order valence-corrected chi connectivity index (χ0v) is 11.2. The van der Waals surface area contributed by atoms with E-state index >= 15 is 0 Å². The molecule has 1 aromatic heterocycles. The molecule has 5 nitrogen and oxygen atoms in total. The number of benzene rings is 1. The van der Waals surface area contributed by atoms with Gasteiger partial charge in [0.2, 0.25) is 0 Å². The van der Waals surface area contributed by atoms with Crippen molar-refractivity contribution < 1.29 is 4.79 Å². The van der Waals surface area contributed by atoms with Crippen LogP contribution in [-0.4, -0.2) is 24.6 Å². The minimum absolute atomic E-state index is 0.00346. The molecule has 20 heavy (non-hydrogen) atoms. The molecule has 1 unspecified atom stereocenters. The maximum absolute atomic E-state index is 12.1. The molecule has 1 aromatic carbocycles. The van der Waals surface area contributed by atoms with Crippen LogP contribution in [-0.2, 0) is 0 Å². The predicted molar refractivity (Wildman–Crippen MR) is 78.8 cm³/mol. The van der Waals surface area contributed by atoms with E-state index in [2.05, 4.69) is 15.6 Å². The highest BCUT2D eigenvalue weighted by molar-refractivity contribution is 5.95. The minimum Gasteiger partial charge on any atom is -0.388 e. The number of hydrogen-bond acceptors (Lipinski definition) is 3. The zero-order chi connectivity index (χ0) is 13.9. The van der Waals surface area contributed by atoms with Gasteiger partial charge in [0.05, 0.1) is 12.6 Å². The number of nitrogens with one attached hydrogen (secondary N) is 2. The van der Waals surface area contributed by atoms with Crippen LogP contribution in [0.5, 0.6) is 0 Å². The van der Waals surface area contributed by atoms with Crippen molar-refractivity contribution in [2.45, 2.75) is 6.04 Å². The molecule has 1 saturated heterocycles. The van der Waals surface area contributed by atoms with Crippen LogP contribution in [0.3, 0.4) is 0 Å². The van der Waals surface area contributed by atoms with Gasteiger partial charge >= 0.3 is 6.03 Å². The summed E-state index contributed by atoms with van der Waals surface area (Å²) < 4.78 is 0. The average molecular weight is 268 g/mol. The maximum Gasteiger partial charge on any atom is 0.322 e. The van der Waals surface area contributed by atoms with Crippen molar-refractivity contribution in [1.29, 1.82) is 0 Å². The Morgan fingerprint density at radius 1 is 1.30 bits per heavy atom. The van der Waals surface area contributed by atoms with Crippen molar-refractivity contribution in [2.75, 3.05) is 23.8 Å². The number of amides is 2. The lowest BCUT2D eigenvalue weighted by molar-refractivity contribution is 0.251. The smallest absolute Gasteiger partial charge is 0.322 e. The van der Waals surface area contributed by atoms with Gasteiger partial charge in [0.1, 0.15) is 0 Å². The number of nitrogens with zero attached hydrogens (tertiary/aromatic N) is 2. The monoisotopic (exact) mass is 268 g/mol. The number of aromatic nitrogens is 1. The Balaban J connectivity index is 1.83. The average Bonchev–Trinajstić information content (AvgIpc) is 2.90. The zero-order valence-electron chi connectivity index (χ0n) is 11.2. The lowest BCUT2D eigenvalue weighted by Crippen LogP contribution is -2.27. The molecule has 2 amide bonds. The lowest BCUT2D eigenvalue weighted by atomic mass is 10.1. The van der Waals surface area contributed by atoms with Crippen molar-refractivity contribution in [3.05, 3.63) is 54.4 Å². The SMILES string of the molecule is CNc1cccc(N2CC(c3ccncc3)NC2=O)c1. The summed E-state index contributed by atoms with van der Waals surface area (Å²) in [4.78, 5) is 17.9. The van der Waals surface area contributed by atoms with Gasteiger partial charge in [-0.2, -0.15) is 0 Å². The molecule has 0 radical (unpaired) electrons. The van der Waals surface area contributed by atoms with Gasteiger partial charge in [0, 0.05) is 30.8 Å². The Morgan fingerprint density at radius 2 is 2.10 bits per heavy atom. The quantitative estimate of drug-likeness (QED) is 0.898. The van der Waals surface area contributed by atoms with Crippen molar-refractivity contribution >= 4 is 17.4 Å². The Labute approximate surface area is 117 Å². The van der Waals surface area contributed by atoms with Crippen molar-refractivity contribution in [3.63, 3.8) is 0 Å². The van der Waals surface area contributed by atoms with E-state index in [1.54, 1.807) is 17.3 Å². The molecule has 1 aliphatic heterocycles. The van der Waals surface area contributed by atoms with Gasteiger partial charge in [-0.15, -0.1) is 0 Å². The third-order valence-electron chi connectivity index (χ3n) is 3.46. The van der Waals surface area contributed by atoms with Gasteiger partial charge < -0.3 is 10.6 Å². The molecule has 2 aromatic rings. The van der Waals surface area contributed by atoms with Crippen LogP contribution >= 0.6 is 0 Å². The van der Waals surface area contributed by atoms with Gasteiger partial charge in [-0.3, -0.25) is 9.88 Å². The number of anilines is 2. The summed E-state index contributed by atoms with van der Waals surface area (Å²) in [5, 5.41) is 6.08. The normalized spacial score (nSPS) is 17.9. The van der Waals surface area contributed by atoms with Gasteiger partial charge in [0.25, 0.3) is 0 Å². The molecule has 0 saturated carbocycles. The fourth-order valence-electron chi connectivity index (χ4n) is 2.37. The largest absolute Gasteiger partial charge is 0.388 e. The summed E-state index contributed by atoms with van der Waals surface area (Å²) in [5.74, 6) is 0. The number of hydrogen-bond donors (Lipinski definition) is 2. The Kier molecular flexibility index (Phi) is 3.25. The second kappa shape index (κ2) is 5.21. The third-order valence-corrected chi connectivity index (χ3v) is 3.46. The van der Waals surface area contributed by atoms with Crippen LogP contribution in [0, 0.1) is 0 Å². The summed E-state index contributed by atoms with van der Waals surface area (Å²) >= 11 is 0. The molecular formula is C15H16N4O. The minimum atomic E-state index is -0.0694. The molecule has 1 atom stereocenters. The fourth-order valence-corrected chi connectivity index (χ4v) is 2.37. The van der Waals surface area contributed by atoms with E-state index in [0.717, 1.165) is 16.9 Å². The summed E-state index contributed by atoms with van der Waals surface area (Å²) in [6, 6.07) is 11.6. The first-order valence-electron chi connectivity index (χ1n) is 6.53. The molecule has 0 bridgehead atoms. The number of pyridine rings is 1. The van der Waals surface area contributed by atoms with Crippen LogP contribution in [0.1, 0.15) is 11.6 Å². The first-order valence-corrected chi connectivity index (χ1v) is 6.53. The first-order chi connectivity index (χ1) is 9.78. The topological polar surface area (TPSA) is 57.3 Å². The van der Waals surface area contributed by atoms with E-state index in [1.165, 1.54) is 0 Å². The highest BCUT2D eigenvalue weighted by Gasteiger charge is 2.30. The number of carbonyl (C=O) groups is 1. The van der Waals surface area contributed by atoms with E-state index in [4.69, 9.17) is 0 Å². The molecule has 2 heterocycles. The molecule has 0 spiro atoms. The summed E-state index contributed by atoms with van der Waals surface area (Å²) in [6.45, 7) is 0.621. The van der Waals surface area contributed by atoms with Gasteiger partial charge in [-0.05, 0) is 35.9 Å². The second-order valence-corrected chi connectivity index (χ2v) is 4.69. The van der Waals surface area contributed by atoms with Crippen molar-refractivity contribution in [2.24, 2.45) is 0 Å². The molecule has 2 N–H and O–H groups in total.